The molecule has 11 nitrogen and oxygen atoms in total. The Morgan fingerprint density at radius 1 is 0.766 bits per heavy atom. The highest BCUT2D eigenvalue weighted by molar-refractivity contribution is 8.00. The number of aryl methyl sites for hydroxylation is 1. The predicted molar refractivity (Wildman–Crippen MR) is 181 cm³/mol. The van der Waals surface area contributed by atoms with Crippen molar-refractivity contribution >= 4 is 52.9 Å². The quantitative estimate of drug-likeness (QED) is 0.103. The Morgan fingerprint density at radius 2 is 1.47 bits per heavy atom. The maximum Gasteiger partial charge on any atom is 0.335 e. The fourth-order valence-electron chi connectivity index (χ4n) is 4.35. The summed E-state index contributed by atoms with van der Waals surface area (Å²) in [5.41, 5.74) is 2.37. The van der Waals surface area contributed by atoms with Gasteiger partial charge in [-0.05, 0) is 67.1 Å². The van der Waals surface area contributed by atoms with Crippen molar-refractivity contribution in [2.24, 2.45) is 0 Å². The number of carbonyl (C=O) groups excluding carboxylic acids is 3. The second-order valence-corrected chi connectivity index (χ2v) is 11.0. The van der Waals surface area contributed by atoms with Crippen LogP contribution in [0.2, 0.25) is 0 Å². The molecule has 0 saturated carbocycles. The molecule has 0 fully saturated rings. The molecule has 0 radical (unpaired) electrons. The van der Waals surface area contributed by atoms with Crippen molar-refractivity contribution in [2.45, 2.75) is 11.8 Å². The Balaban J connectivity index is 1.54. The second-order valence-electron chi connectivity index (χ2n) is 9.98. The number of hydrogen-bond acceptors (Lipinski definition) is 8. The largest absolute Gasteiger partial charge is 0.496 e. The third kappa shape index (κ3) is 9.14. The number of carbonyl (C=O) groups is 4. The number of hydrogen-bond donors (Lipinski definition) is 4. The van der Waals surface area contributed by atoms with E-state index >= 15 is 0 Å². The predicted octanol–water partition coefficient (Wildman–Crippen LogP) is 5.86. The van der Waals surface area contributed by atoms with Gasteiger partial charge in [0, 0.05) is 33.5 Å². The molecule has 0 bridgehead atoms. The third-order valence-corrected chi connectivity index (χ3v) is 7.78. The van der Waals surface area contributed by atoms with Crippen LogP contribution in [-0.2, 0) is 9.59 Å². The van der Waals surface area contributed by atoms with E-state index in [1.54, 1.807) is 79.7 Å². The molecule has 3 amide bonds. The Morgan fingerprint density at radius 3 is 2.15 bits per heavy atom. The average molecular weight is 656 g/mol. The maximum atomic E-state index is 13.6. The number of rotatable bonds is 13. The van der Waals surface area contributed by atoms with Gasteiger partial charge in [0.05, 0.1) is 32.6 Å². The zero-order valence-corrected chi connectivity index (χ0v) is 26.9. The van der Waals surface area contributed by atoms with Crippen LogP contribution >= 0.6 is 11.8 Å². The van der Waals surface area contributed by atoms with E-state index in [4.69, 9.17) is 14.2 Å². The van der Waals surface area contributed by atoms with Crippen LogP contribution in [0.3, 0.4) is 0 Å². The summed E-state index contributed by atoms with van der Waals surface area (Å²) >= 11 is 1.23. The molecule has 0 aliphatic carbocycles. The van der Waals surface area contributed by atoms with Crippen LogP contribution in [-0.4, -0.2) is 55.9 Å². The van der Waals surface area contributed by atoms with Gasteiger partial charge in [0.15, 0.2) is 11.5 Å². The highest BCUT2D eigenvalue weighted by Crippen LogP contribution is 2.35. The van der Waals surface area contributed by atoms with Crippen LogP contribution in [0.5, 0.6) is 17.2 Å². The van der Waals surface area contributed by atoms with Crippen molar-refractivity contribution in [3.05, 3.63) is 113 Å². The summed E-state index contributed by atoms with van der Waals surface area (Å²) in [4.78, 5) is 51.4. The first-order valence-electron chi connectivity index (χ1n) is 14.2. The molecular weight excluding hydrogens is 622 g/mol. The van der Waals surface area contributed by atoms with Crippen molar-refractivity contribution in [3.63, 3.8) is 0 Å². The molecule has 0 atom stereocenters. The minimum Gasteiger partial charge on any atom is -0.496 e. The molecule has 242 valence electrons. The summed E-state index contributed by atoms with van der Waals surface area (Å²) in [6.07, 6.45) is 1.47. The van der Waals surface area contributed by atoms with E-state index in [1.165, 1.54) is 51.3 Å². The van der Waals surface area contributed by atoms with Gasteiger partial charge in [-0.3, -0.25) is 14.4 Å². The molecular formula is C35H33N3O8S. The van der Waals surface area contributed by atoms with Crippen molar-refractivity contribution < 1.29 is 38.5 Å². The highest BCUT2D eigenvalue weighted by Gasteiger charge is 2.18. The number of nitrogens with one attached hydrogen (secondary N) is 3. The van der Waals surface area contributed by atoms with Gasteiger partial charge in [-0.1, -0.05) is 30.3 Å². The number of anilines is 2. The zero-order chi connectivity index (χ0) is 33.9. The molecule has 0 heterocycles. The standard InChI is InChI=1S/C35H33N3O8S/c1-21-13-14-23(35(42)43)15-27(21)37-32(39)20-47-26-12-8-11-25(18-26)36-34(41)28(38-33(40)22-9-6-5-7-10-22)16-24-17-30(45-3)31(46-4)19-29(24)44-2/h5-19H,20H2,1-4H3,(H,36,41)(H,37,39)(H,38,40)(H,42,43)/b28-16+. The second kappa shape index (κ2) is 16.0. The number of aromatic carboxylic acids is 1. The van der Waals surface area contributed by atoms with Gasteiger partial charge in [0.25, 0.3) is 11.8 Å². The topological polar surface area (TPSA) is 152 Å². The SMILES string of the molecule is COc1cc(OC)c(OC)cc1/C=C(/NC(=O)c1ccccc1)C(=O)Nc1cccc(SCC(=O)Nc2cc(C(=O)O)ccc2C)c1. The summed E-state index contributed by atoms with van der Waals surface area (Å²) in [6, 6.07) is 23.1. The van der Waals surface area contributed by atoms with Crippen LogP contribution in [0.15, 0.2) is 95.5 Å². The molecule has 0 unspecified atom stereocenters. The van der Waals surface area contributed by atoms with Crippen molar-refractivity contribution in [1.29, 1.82) is 0 Å². The average Bonchev–Trinajstić information content (AvgIpc) is 3.08. The van der Waals surface area contributed by atoms with Gasteiger partial charge in [-0.2, -0.15) is 0 Å². The molecule has 4 N–H and O–H groups in total. The first-order chi connectivity index (χ1) is 22.6. The number of amides is 3. The number of carboxylic acids is 1. The van der Waals surface area contributed by atoms with Gasteiger partial charge in [0.2, 0.25) is 5.91 Å². The van der Waals surface area contributed by atoms with Crippen molar-refractivity contribution in [2.75, 3.05) is 37.7 Å². The van der Waals surface area contributed by atoms with E-state index in [0.717, 1.165) is 5.56 Å². The van der Waals surface area contributed by atoms with Gasteiger partial charge < -0.3 is 35.3 Å². The van der Waals surface area contributed by atoms with E-state index in [0.29, 0.717) is 44.6 Å². The minimum absolute atomic E-state index is 0.0333. The fraction of sp³-hybridized carbons (Fsp3) is 0.143. The highest BCUT2D eigenvalue weighted by atomic mass is 32.2. The monoisotopic (exact) mass is 655 g/mol. The van der Waals surface area contributed by atoms with E-state index < -0.39 is 17.8 Å². The Kier molecular flexibility index (Phi) is 11.6. The van der Waals surface area contributed by atoms with Gasteiger partial charge in [-0.15, -0.1) is 11.8 Å². The number of benzene rings is 4. The van der Waals surface area contributed by atoms with E-state index in [2.05, 4.69) is 16.0 Å². The molecule has 0 spiro atoms. The van der Waals surface area contributed by atoms with Crippen LogP contribution in [0.1, 0.15) is 31.8 Å². The lowest BCUT2D eigenvalue weighted by molar-refractivity contribution is -0.114. The molecule has 0 aromatic heterocycles. The summed E-state index contributed by atoms with van der Waals surface area (Å²) in [5, 5.41) is 17.5. The molecule has 0 saturated heterocycles. The molecule has 4 aromatic rings. The number of methoxy groups -OCH3 is 3. The molecule has 4 rings (SSSR count). The molecule has 0 aliphatic heterocycles. The first kappa shape index (κ1) is 34.1. The molecule has 12 heteroatoms. The van der Waals surface area contributed by atoms with Gasteiger partial charge in [-0.25, -0.2) is 4.79 Å². The summed E-state index contributed by atoms with van der Waals surface area (Å²) in [7, 11) is 4.44. The summed E-state index contributed by atoms with van der Waals surface area (Å²) < 4.78 is 16.3. The van der Waals surface area contributed by atoms with Gasteiger partial charge >= 0.3 is 5.97 Å². The summed E-state index contributed by atoms with van der Waals surface area (Å²) in [6.45, 7) is 1.77. The Hall–Kier alpha value is -5.75. The normalized spacial score (nSPS) is 10.9. The van der Waals surface area contributed by atoms with Crippen LogP contribution in [0.25, 0.3) is 6.08 Å². The van der Waals surface area contributed by atoms with Crippen LogP contribution in [0, 0.1) is 6.92 Å². The van der Waals surface area contributed by atoms with Gasteiger partial charge in [0.1, 0.15) is 11.4 Å². The summed E-state index contributed by atoms with van der Waals surface area (Å²) in [5.74, 6) is -1.29. The third-order valence-electron chi connectivity index (χ3n) is 6.78. The minimum atomic E-state index is -1.09. The zero-order valence-electron chi connectivity index (χ0n) is 26.1. The van der Waals surface area contributed by atoms with Crippen molar-refractivity contribution in [1.82, 2.24) is 5.32 Å². The van der Waals surface area contributed by atoms with Crippen molar-refractivity contribution in [3.8, 4) is 17.2 Å². The van der Waals surface area contributed by atoms with Crippen LogP contribution in [0.4, 0.5) is 11.4 Å². The fourth-order valence-corrected chi connectivity index (χ4v) is 5.11. The lowest BCUT2D eigenvalue weighted by Gasteiger charge is -2.15. The maximum absolute atomic E-state index is 13.6. The number of ether oxygens (including phenoxy) is 3. The number of thioether (sulfide) groups is 1. The molecule has 4 aromatic carbocycles. The van der Waals surface area contributed by atoms with E-state index in [1.807, 2.05) is 0 Å². The van der Waals surface area contributed by atoms with E-state index in [9.17, 15) is 24.3 Å². The molecule has 47 heavy (non-hydrogen) atoms. The number of carboxylic acid groups (broad SMARTS) is 1. The lowest BCUT2D eigenvalue weighted by atomic mass is 10.1. The van der Waals surface area contributed by atoms with E-state index in [-0.39, 0.29) is 22.9 Å². The Bertz CT molecular complexity index is 1830. The first-order valence-corrected chi connectivity index (χ1v) is 15.2. The Labute approximate surface area is 275 Å². The lowest BCUT2D eigenvalue weighted by Crippen LogP contribution is -2.30. The smallest absolute Gasteiger partial charge is 0.335 e. The van der Waals surface area contributed by atoms with Crippen LogP contribution < -0.4 is 30.2 Å². The molecule has 0 aliphatic rings.